The Balaban J connectivity index is 1.84. The van der Waals surface area contributed by atoms with E-state index in [4.69, 9.17) is 9.26 Å². The van der Waals surface area contributed by atoms with Crippen LogP contribution in [0.5, 0.6) is 5.75 Å². The first-order valence-electron chi connectivity index (χ1n) is 8.00. The largest absolute Gasteiger partial charge is 0.497 e. The molecule has 0 saturated carbocycles. The second kappa shape index (κ2) is 8.32. The van der Waals surface area contributed by atoms with Crippen LogP contribution in [0, 0.1) is 13.8 Å². The number of likely N-dealkylation sites (N-methyl/N-ethyl adjacent to an activating group) is 1. The average Bonchev–Trinajstić information content (AvgIpc) is 2.90. The van der Waals surface area contributed by atoms with E-state index in [-0.39, 0.29) is 18.4 Å². The molecule has 7 heteroatoms. The number of rotatable bonds is 7. The highest BCUT2D eigenvalue weighted by molar-refractivity contribution is 5.94. The van der Waals surface area contributed by atoms with Crippen molar-refractivity contribution in [2.24, 2.45) is 0 Å². The van der Waals surface area contributed by atoms with Crippen molar-refractivity contribution in [3.8, 4) is 5.75 Å². The molecule has 1 N–H and O–H groups in total. The van der Waals surface area contributed by atoms with Crippen LogP contribution in [0.3, 0.4) is 0 Å². The zero-order valence-corrected chi connectivity index (χ0v) is 15.0. The van der Waals surface area contributed by atoms with Crippen molar-refractivity contribution in [1.82, 2.24) is 10.1 Å². The van der Waals surface area contributed by atoms with Gasteiger partial charge in [0, 0.05) is 30.8 Å². The van der Waals surface area contributed by atoms with Gasteiger partial charge in [-0.2, -0.15) is 0 Å². The topological polar surface area (TPSA) is 84.7 Å². The lowest BCUT2D eigenvalue weighted by atomic mass is 10.1. The van der Waals surface area contributed by atoms with Crippen LogP contribution >= 0.6 is 0 Å². The maximum absolute atomic E-state index is 12.2. The van der Waals surface area contributed by atoms with E-state index in [1.807, 2.05) is 13.8 Å². The molecule has 0 fully saturated rings. The highest BCUT2D eigenvalue weighted by Crippen LogP contribution is 2.17. The molecular weight excluding hydrogens is 322 g/mol. The van der Waals surface area contributed by atoms with Crippen molar-refractivity contribution in [3.05, 3.63) is 41.3 Å². The fourth-order valence-corrected chi connectivity index (χ4v) is 2.49. The van der Waals surface area contributed by atoms with Crippen molar-refractivity contribution in [3.63, 3.8) is 0 Å². The third-order valence-electron chi connectivity index (χ3n) is 3.93. The second-order valence-electron chi connectivity index (χ2n) is 5.83. The summed E-state index contributed by atoms with van der Waals surface area (Å²) in [6.07, 6.45) is 0.841. The summed E-state index contributed by atoms with van der Waals surface area (Å²) < 4.78 is 10.2. The highest BCUT2D eigenvalue weighted by atomic mass is 16.5. The normalized spacial score (nSPS) is 10.4. The van der Waals surface area contributed by atoms with Crippen LogP contribution in [0.1, 0.15) is 23.4 Å². The van der Waals surface area contributed by atoms with Crippen molar-refractivity contribution in [2.45, 2.75) is 26.7 Å². The SMILES string of the molecule is COc1cccc(NC(=O)CN(C)C(=O)CCc2c(C)noc2C)c1. The summed E-state index contributed by atoms with van der Waals surface area (Å²) in [5, 5.41) is 6.63. The van der Waals surface area contributed by atoms with Crippen LogP contribution in [0.2, 0.25) is 0 Å². The number of aryl methyl sites for hydroxylation is 2. The number of carbonyl (C=O) groups is 2. The zero-order valence-electron chi connectivity index (χ0n) is 15.0. The Morgan fingerprint density at radius 3 is 2.72 bits per heavy atom. The van der Waals surface area contributed by atoms with Crippen LogP contribution in [0.4, 0.5) is 5.69 Å². The monoisotopic (exact) mass is 345 g/mol. The van der Waals surface area contributed by atoms with Crippen LogP contribution in [-0.2, 0) is 16.0 Å². The van der Waals surface area contributed by atoms with E-state index in [0.29, 0.717) is 24.3 Å². The Kier molecular flexibility index (Phi) is 6.16. The predicted octanol–water partition coefficient (Wildman–Crippen LogP) is 2.33. The molecule has 0 aliphatic carbocycles. The van der Waals surface area contributed by atoms with Crippen molar-refractivity contribution < 1.29 is 18.8 Å². The number of ether oxygens (including phenoxy) is 1. The van der Waals surface area contributed by atoms with Crippen LogP contribution in [0.15, 0.2) is 28.8 Å². The van der Waals surface area contributed by atoms with Gasteiger partial charge in [0.1, 0.15) is 11.5 Å². The molecule has 0 spiro atoms. The van der Waals surface area contributed by atoms with E-state index >= 15 is 0 Å². The molecule has 0 bridgehead atoms. The fraction of sp³-hybridized carbons (Fsp3) is 0.389. The van der Waals surface area contributed by atoms with Crippen LogP contribution in [0.25, 0.3) is 0 Å². The minimum atomic E-state index is -0.263. The summed E-state index contributed by atoms with van der Waals surface area (Å²) >= 11 is 0. The molecule has 7 nitrogen and oxygen atoms in total. The Bertz CT molecular complexity index is 735. The fourth-order valence-electron chi connectivity index (χ4n) is 2.49. The summed E-state index contributed by atoms with van der Waals surface area (Å²) in [5.41, 5.74) is 2.37. The minimum absolute atomic E-state index is 0.0162. The molecule has 0 aliphatic rings. The van der Waals surface area contributed by atoms with E-state index in [9.17, 15) is 9.59 Å². The number of hydrogen-bond donors (Lipinski definition) is 1. The number of benzene rings is 1. The Hall–Kier alpha value is -2.83. The molecule has 0 atom stereocenters. The van der Waals surface area contributed by atoms with Crippen molar-refractivity contribution in [2.75, 3.05) is 26.0 Å². The van der Waals surface area contributed by atoms with Gasteiger partial charge in [-0.05, 0) is 32.4 Å². The molecule has 2 rings (SSSR count). The molecule has 0 radical (unpaired) electrons. The lowest BCUT2D eigenvalue weighted by Gasteiger charge is -2.17. The van der Waals surface area contributed by atoms with Gasteiger partial charge in [-0.25, -0.2) is 0 Å². The van der Waals surface area contributed by atoms with E-state index in [1.54, 1.807) is 38.4 Å². The molecule has 1 aromatic carbocycles. The first kappa shape index (κ1) is 18.5. The smallest absolute Gasteiger partial charge is 0.243 e. The summed E-state index contributed by atoms with van der Waals surface area (Å²) in [6.45, 7) is 3.66. The molecular formula is C18H23N3O4. The van der Waals surface area contributed by atoms with Gasteiger partial charge in [0.2, 0.25) is 11.8 Å². The number of hydrogen-bond acceptors (Lipinski definition) is 5. The zero-order chi connectivity index (χ0) is 18.4. The van der Waals surface area contributed by atoms with Crippen molar-refractivity contribution >= 4 is 17.5 Å². The van der Waals surface area contributed by atoms with Gasteiger partial charge in [0.15, 0.2) is 0 Å². The first-order chi connectivity index (χ1) is 11.9. The van der Waals surface area contributed by atoms with Crippen LogP contribution in [-0.4, -0.2) is 42.6 Å². The number of methoxy groups -OCH3 is 1. The highest BCUT2D eigenvalue weighted by Gasteiger charge is 2.16. The maximum atomic E-state index is 12.2. The quantitative estimate of drug-likeness (QED) is 0.832. The number of nitrogens with one attached hydrogen (secondary N) is 1. The van der Waals surface area contributed by atoms with Gasteiger partial charge < -0.3 is 19.5 Å². The van der Waals surface area contributed by atoms with Gasteiger partial charge in [-0.15, -0.1) is 0 Å². The number of aromatic nitrogens is 1. The summed E-state index contributed by atoms with van der Waals surface area (Å²) in [7, 11) is 3.17. The summed E-state index contributed by atoms with van der Waals surface area (Å²) in [4.78, 5) is 25.7. The van der Waals surface area contributed by atoms with E-state index in [1.165, 1.54) is 4.90 Å². The lowest BCUT2D eigenvalue weighted by molar-refractivity contribution is -0.133. The average molecular weight is 345 g/mol. The molecule has 0 saturated heterocycles. The van der Waals surface area contributed by atoms with Gasteiger partial charge in [-0.3, -0.25) is 9.59 Å². The molecule has 2 amide bonds. The second-order valence-corrected chi connectivity index (χ2v) is 5.83. The Morgan fingerprint density at radius 2 is 2.08 bits per heavy atom. The van der Waals surface area contributed by atoms with Gasteiger partial charge >= 0.3 is 0 Å². The maximum Gasteiger partial charge on any atom is 0.243 e. The first-order valence-corrected chi connectivity index (χ1v) is 8.00. The number of carbonyl (C=O) groups excluding carboxylic acids is 2. The molecule has 0 unspecified atom stereocenters. The van der Waals surface area contributed by atoms with E-state index in [0.717, 1.165) is 17.0 Å². The third-order valence-corrected chi connectivity index (χ3v) is 3.93. The van der Waals surface area contributed by atoms with Crippen molar-refractivity contribution in [1.29, 1.82) is 0 Å². The molecule has 0 aliphatic heterocycles. The predicted molar refractivity (Wildman–Crippen MR) is 93.6 cm³/mol. The molecule has 1 aromatic heterocycles. The third kappa shape index (κ3) is 5.07. The van der Waals surface area contributed by atoms with Gasteiger partial charge in [0.25, 0.3) is 0 Å². The van der Waals surface area contributed by atoms with Crippen LogP contribution < -0.4 is 10.1 Å². The summed E-state index contributed by atoms with van der Waals surface area (Å²) in [5.74, 6) is 1.01. The Morgan fingerprint density at radius 1 is 1.32 bits per heavy atom. The minimum Gasteiger partial charge on any atom is -0.497 e. The number of nitrogens with zero attached hydrogens (tertiary/aromatic N) is 2. The number of amides is 2. The lowest BCUT2D eigenvalue weighted by Crippen LogP contribution is -2.35. The molecule has 2 aromatic rings. The molecule has 1 heterocycles. The summed E-state index contributed by atoms with van der Waals surface area (Å²) in [6, 6.07) is 7.06. The van der Waals surface area contributed by atoms with E-state index < -0.39 is 0 Å². The van der Waals surface area contributed by atoms with Gasteiger partial charge in [-0.1, -0.05) is 11.2 Å². The molecule has 25 heavy (non-hydrogen) atoms. The Labute approximate surface area is 146 Å². The standard InChI is InChI=1S/C18H23N3O4/c1-12-16(13(2)25-20-12)8-9-18(23)21(3)11-17(22)19-14-6-5-7-15(10-14)24-4/h5-7,10H,8-9,11H2,1-4H3,(H,19,22). The number of anilines is 1. The molecule has 134 valence electrons. The van der Waals surface area contributed by atoms with E-state index in [2.05, 4.69) is 10.5 Å². The van der Waals surface area contributed by atoms with Gasteiger partial charge in [0.05, 0.1) is 19.3 Å².